The van der Waals surface area contributed by atoms with E-state index in [2.05, 4.69) is 31.2 Å². The molecule has 0 saturated carbocycles. The van der Waals surface area contributed by atoms with Gasteiger partial charge < -0.3 is 25.4 Å². The maximum atomic E-state index is 10.6. The minimum atomic E-state index is -5.08. The number of pyridine rings is 1. The summed E-state index contributed by atoms with van der Waals surface area (Å²) < 4.78 is 101. The summed E-state index contributed by atoms with van der Waals surface area (Å²) in [6, 6.07) is 4.51. The number of rotatable bonds is 4. The van der Waals surface area contributed by atoms with Crippen LogP contribution in [0.5, 0.6) is 0 Å². The molecule has 0 bridgehead atoms. The number of aryl methyl sites for hydroxylation is 1. The molecule has 2 saturated heterocycles. The number of nitrogens with zero attached hydrogens (tertiary/aromatic N) is 4. The van der Waals surface area contributed by atoms with E-state index in [0.29, 0.717) is 6.04 Å². The molecule has 0 radical (unpaired) electrons. The first-order chi connectivity index (χ1) is 21.0. The number of likely N-dealkylation sites (tertiary alicyclic amines) is 1. The van der Waals surface area contributed by atoms with Gasteiger partial charge in [0.1, 0.15) is 0 Å². The van der Waals surface area contributed by atoms with E-state index in [1.807, 2.05) is 37.8 Å². The van der Waals surface area contributed by atoms with Crippen LogP contribution in [-0.4, -0.2) is 103 Å². The van der Waals surface area contributed by atoms with Crippen molar-refractivity contribution in [1.29, 1.82) is 0 Å². The number of carboxylic acids is 3. The molecule has 4 heterocycles. The van der Waals surface area contributed by atoms with Crippen molar-refractivity contribution in [3.63, 3.8) is 0 Å². The van der Waals surface area contributed by atoms with Crippen LogP contribution in [0.3, 0.4) is 0 Å². The first-order valence-electron chi connectivity index (χ1n) is 12.7. The van der Waals surface area contributed by atoms with Gasteiger partial charge in [-0.15, -0.1) is 0 Å². The lowest BCUT2D eigenvalue weighted by Crippen LogP contribution is -2.46. The van der Waals surface area contributed by atoms with Gasteiger partial charge in [-0.3, -0.25) is 9.88 Å². The summed E-state index contributed by atoms with van der Waals surface area (Å²) >= 11 is 0. The number of ether oxygens (including phenoxy) is 1. The highest BCUT2D eigenvalue weighted by atomic mass is 19.4. The fourth-order valence-electron chi connectivity index (χ4n) is 3.90. The van der Waals surface area contributed by atoms with Crippen LogP contribution in [0.25, 0.3) is 0 Å². The molecule has 46 heavy (non-hydrogen) atoms. The summed E-state index contributed by atoms with van der Waals surface area (Å²) in [5.74, 6) is -7.55. The minimum absolute atomic E-state index is 0.0389. The number of aliphatic carboxylic acids is 3. The number of carbonyl (C=O) groups is 3. The Kier molecular flexibility index (Phi) is 14.6. The molecule has 258 valence electrons. The minimum Gasteiger partial charge on any atom is -0.475 e. The molecule has 1 spiro atoms. The van der Waals surface area contributed by atoms with E-state index < -0.39 is 36.4 Å². The van der Waals surface area contributed by atoms with Gasteiger partial charge in [0.25, 0.3) is 0 Å². The number of carboxylic acid groups (broad SMARTS) is 3. The topological polar surface area (TPSA) is 175 Å². The summed E-state index contributed by atoms with van der Waals surface area (Å²) in [5, 5.41) is 24.9. The molecule has 0 amide bonds. The summed E-state index contributed by atoms with van der Waals surface area (Å²) in [5.41, 5.74) is 2.30. The second kappa shape index (κ2) is 16.9. The zero-order chi connectivity index (χ0) is 35.3. The average Bonchev–Trinajstić information content (AvgIpc) is 3.31. The van der Waals surface area contributed by atoms with E-state index in [1.165, 1.54) is 5.56 Å². The van der Waals surface area contributed by atoms with Gasteiger partial charge in [0.05, 0.1) is 5.60 Å². The summed E-state index contributed by atoms with van der Waals surface area (Å²) in [4.78, 5) is 42.1. The van der Waals surface area contributed by atoms with Crippen molar-refractivity contribution in [2.24, 2.45) is 0 Å². The zero-order valence-electron chi connectivity index (χ0n) is 23.7. The second-order valence-corrected chi connectivity index (χ2v) is 9.68. The first kappa shape index (κ1) is 39.8. The van der Waals surface area contributed by atoms with E-state index in [9.17, 15) is 39.5 Å². The predicted molar refractivity (Wildman–Crippen MR) is 137 cm³/mol. The Morgan fingerprint density at radius 2 is 1.43 bits per heavy atom. The van der Waals surface area contributed by atoms with Crippen molar-refractivity contribution >= 4 is 23.9 Å². The Bertz CT molecular complexity index is 1210. The number of hydrogen-bond donors (Lipinski definition) is 4. The van der Waals surface area contributed by atoms with Crippen molar-refractivity contribution in [1.82, 2.24) is 19.9 Å². The Balaban J connectivity index is 0.000000413. The lowest BCUT2D eigenvalue weighted by Gasteiger charge is -2.38. The molecule has 4 N–H and O–H groups in total. The fourth-order valence-corrected chi connectivity index (χ4v) is 3.90. The lowest BCUT2D eigenvalue weighted by molar-refractivity contribution is -0.193. The van der Waals surface area contributed by atoms with Gasteiger partial charge >= 0.3 is 36.4 Å². The highest BCUT2D eigenvalue weighted by Gasteiger charge is 2.43. The van der Waals surface area contributed by atoms with Crippen LogP contribution in [-0.2, 0) is 25.7 Å². The molecular formula is C25H28F9N5O7. The summed E-state index contributed by atoms with van der Waals surface area (Å²) in [7, 11) is 0. The van der Waals surface area contributed by atoms with Gasteiger partial charge in [-0.1, -0.05) is 6.07 Å². The van der Waals surface area contributed by atoms with Gasteiger partial charge in [-0.2, -0.15) is 39.5 Å². The van der Waals surface area contributed by atoms with Crippen molar-refractivity contribution in [3.05, 3.63) is 48.0 Å². The SMILES string of the molecule is Cc1cnc(N[C@@H]2CCO[C@]3(CCN(Cc4cccnc4)C3)C2)nc1.O=C(O)C(F)(F)F.O=C(O)C(F)(F)F.O=C(O)C(F)(F)F. The number of hydrogen-bond acceptors (Lipinski definition) is 9. The number of alkyl halides is 9. The molecule has 2 atom stereocenters. The molecule has 2 fully saturated rings. The van der Waals surface area contributed by atoms with Gasteiger partial charge in [0.2, 0.25) is 5.95 Å². The number of anilines is 1. The molecule has 0 aliphatic carbocycles. The molecule has 2 aromatic rings. The highest BCUT2D eigenvalue weighted by Crippen LogP contribution is 2.35. The number of nitrogens with one attached hydrogen (secondary N) is 1. The van der Waals surface area contributed by atoms with E-state index in [1.54, 1.807) is 0 Å². The van der Waals surface area contributed by atoms with Crippen LogP contribution in [0.1, 0.15) is 30.4 Å². The average molecular weight is 682 g/mol. The maximum absolute atomic E-state index is 10.6. The Labute approximate surface area is 254 Å². The van der Waals surface area contributed by atoms with Crippen LogP contribution in [0, 0.1) is 6.92 Å². The van der Waals surface area contributed by atoms with E-state index in [0.717, 1.165) is 57.0 Å². The van der Waals surface area contributed by atoms with Crippen molar-refractivity contribution in [2.75, 3.05) is 25.0 Å². The van der Waals surface area contributed by atoms with Gasteiger partial charge in [0, 0.05) is 57.1 Å². The lowest BCUT2D eigenvalue weighted by atomic mass is 9.89. The Morgan fingerprint density at radius 1 is 0.935 bits per heavy atom. The predicted octanol–water partition coefficient (Wildman–Crippen LogP) is 4.32. The van der Waals surface area contributed by atoms with Crippen LogP contribution in [0.2, 0.25) is 0 Å². The van der Waals surface area contributed by atoms with Gasteiger partial charge in [0.15, 0.2) is 0 Å². The molecule has 2 aliphatic rings. The monoisotopic (exact) mass is 681 g/mol. The van der Waals surface area contributed by atoms with Crippen molar-refractivity contribution in [3.8, 4) is 0 Å². The quantitative estimate of drug-likeness (QED) is 0.337. The van der Waals surface area contributed by atoms with Crippen LogP contribution < -0.4 is 5.32 Å². The highest BCUT2D eigenvalue weighted by molar-refractivity contribution is 5.73. The van der Waals surface area contributed by atoms with Crippen molar-refractivity contribution < 1.29 is 74.0 Å². The zero-order valence-corrected chi connectivity index (χ0v) is 23.7. The van der Waals surface area contributed by atoms with Gasteiger partial charge in [-0.25, -0.2) is 24.4 Å². The Hall–Kier alpha value is -4.27. The number of halogens is 9. The molecule has 0 aromatic carbocycles. The van der Waals surface area contributed by atoms with E-state index in [-0.39, 0.29) is 5.60 Å². The first-order valence-corrected chi connectivity index (χ1v) is 12.7. The largest absolute Gasteiger partial charge is 0.490 e. The molecule has 4 rings (SSSR count). The van der Waals surface area contributed by atoms with E-state index >= 15 is 0 Å². The van der Waals surface area contributed by atoms with Crippen LogP contribution >= 0.6 is 0 Å². The maximum Gasteiger partial charge on any atom is 0.490 e. The van der Waals surface area contributed by atoms with E-state index in [4.69, 9.17) is 34.4 Å². The third-order valence-corrected chi connectivity index (χ3v) is 5.86. The Morgan fingerprint density at radius 3 is 1.87 bits per heavy atom. The van der Waals surface area contributed by atoms with Crippen LogP contribution in [0.4, 0.5) is 45.5 Å². The second-order valence-electron chi connectivity index (χ2n) is 9.68. The molecule has 2 aliphatic heterocycles. The standard InChI is InChI=1S/C19H25N5O.3C2HF3O2/c1-15-10-21-18(22-11-15)23-17-4-8-25-19(9-17)5-7-24(14-19)13-16-3-2-6-20-12-16;3*3-2(4,5)1(6)7/h2-3,6,10-12,17H,4-5,7-9,13-14H2,1H3,(H,21,22,23);3*(H,6,7)/t17-,19-;;;/m1.../s1. The molecule has 2 aromatic heterocycles. The molecular weight excluding hydrogens is 653 g/mol. The smallest absolute Gasteiger partial charge is 0.475 e. The van der Waals surface area contributed by atoms with Crippen molar-refractivity contribution in [2.45, 2.75) is 62.9 Å². The normalized spacial score (nSPS) is 19.7. The fraction of sp³-hybridized carbons (Fsp3) is 0.520. The van der Waals surface area contributed by atoms with Gasteiger partial charge in [-0.05, 0) is 43.4 Å². The third-order valence-electron chi connectivity index (χ3n) is 5.86. The third kappa shape index (κ3) is 15.1. The molecule has 12 nitrogen and oxygen atoms in total. The summed E-state index contributed by atoms with van der Waals surface area (Å²) in [6.07, 6.45) is -4.67. The van der Waals surface area contributed by atoms with Crippen LogP contribution in [0.15, 0.2) is 36.9 Å². The summed E-state index contributed by atoms with van der Waals surface area (Å²) in [6.45, 7) is 5.79. The molecule has 21 heteroatoms. The molecule has 0 unspecified atom stereocenters. The number of aromatic nitrogens is 3.